The average Bonchev–Trinajstić information content (AvgIpc) is 2.27. The number of amides is 2. The van der Waals surface area contributed by atoms with Gasteiger partial charge in [0, 0.05) is 6.54 Å². The van der Waals surface area contributed by atoms with Crippen LogP contribution in [0.15, 0.2) is 11.6 Å². The molecule has 2 atom stereocenters. The van der Waals surface area contributed by atoms with Crippen molar-refractivity contribution in [3.63, 3.8) is 0 Å². The van der Waals surface area contributed by atoms with E-state index in [1.807, 2.05) is 54.5 Å². The standard InChI is InChI=1S/C16H28N2O2/c1-10(2)8-9-18-13(16(5,6)7)14(19)17-12(11(3)4)15(18)20/h8,11-13H,9H2,1-7H3,(H,17,19). The molecule has 0 radical (unpaired) electrons. The van der Waals surface area contributed by atoms with Crippen LogP contribution in [0.4, 0.5) is 0 Å². The Balaban J connectivity index is 3.13. The van der Waals surface area contributed by atoms with Gasteiger partial charge < -0.3 is 10.2 Å². The summed E-state index contributed by atoms with van der Waals surface area (Å²) in [6, 6.07) is -0.827. The van der Waals surface area contributed by atoms with Crippen LogP contribution in [-0.4, -0.2) is 35.3 Å². The van der Waals surface area contributed by atoms with Crippen LogP contribution in [0.2, 0.25) is 0 Å². The van der Waals surface area contributed by atoms with Crippen molar-refractivity contribution in [2.75, 3.05) is 6.54 Å². The first-order valence-electron chi connectivity index (χ1n) is 7.30. The van der Waals surface area contributed by atoms with Crippen molar-refractivity contribution in [1.82, 2.24) is 10.2 Å². The Hall–Kier alpha value is -1.32. The fourth-order valence-corrected chi connectivity index (χ4v) is 2.53. The van der Waals surface area contributed by atoms with Gasteiger partial charge in [-0.2, -0.15) is 0 Å². The van der Waals surface area contributed by atoms with E-state index in [2.05, 4.69) is 5.32 Å². The van der Waals surface area contributed by atoms with Gasteiger partial charge in [-0.3, -0.25) is 9.59 Å². The first-order chi connectivity index (χ1) is 9.05. The monoisotopic (exact) mass is 280 g/mol. The van der Waals surface area contributed by atoms with Crippen LogP contribution in [0, 0.1) is 11.3 Å². The Morgan fingerprint density at radius 2 is 1.85 bits per heavy atom. The van der Waals surface area contributed by atoms with Crippen molar-refractivity contribution in [3.8, 4) is 0 Å². The Morgan fingerprint density at radius 1 is 1.30 bits per heavy atom. The lowest BCUT2D eigenvalue weighted by molar-refractivity contribution is -0.154. The minimum atomic E-state index is -0.416. The molecule has 1 fully saturated rings. The predicted molar refractivity (Wildman–Crippen MR) is 81.2 cm³/mol. The average molecular weight is 280 g/mol. The highest BCUT2D eigenvalue weighted by Gasteiger charge is 2.46. The zero-order valence-electron chi connectivity index (χ0n) is 13.8. The molecular weight excluding hydrogens is 252 g/mol. The van der Waals surface area contributed by atoms with Crippen LogP contribution in [0.25, 0.3) is 0 Å². The number of nitrogens with zero attached hydrogens (tertiary/aromatic N) is 1. The van der Waals surface area contributed by atoms with Crippen molar-refractivity contribution < 1.29 is 9.59 Å². The van der Waals surface area contributed by atoms with Gasteiger partial charge in [0.1, 0.15) is 12.1 Å². The Labute approximate surface area is 122 Å². The Kier molecular flexibility index (Phi) is 5.00. The molecule has 1 heterocycles. The molecule has 1 N–H and O–H groups in total. The summed E-state index contributed by atoms with van der Waals surface area (Å²) >= 11 is 0. The third-order valence-electron chi connectivity index (χ3n) is 3.59. The molecule has 20 heavy (non-hydrogen) atoms. The van der Waals surface area contributed by atoms with Gasteiger partial charge in [0.15, 0.2) is 0 Å². The normalized spacial score (nSPS) is 23.9. The van der Waals surface area contributed by atoms with Crippen molar-refractivity contribution in [3.05, 3.63) is 11.6 Å². The summed E-state index contributed by atoms with van der Waals surface area (Å²) in [7, 11) is 0. The molecule has 114 valence electrons. The Morgan fingerprint density at radius 3 is 2.25 bits per heavy atom. The summed E-state index contributed by atoms with van der Waals surface area (Å²) in [6.45, 7) is 14.4. The molecule has 0 saturated carbocycles. The van der Waals surface area contributed by atoms with Crippen molar-refractivity contribution >= 4 is 11.8 Å². The van der Waals surface area contributed by atoms with Crippen molar-refractivity contribution in [2.45, 2.75) is 60.5 Å². The zero-order valence-corrected chi connectivity index (χ0v) is 13.8. The second kappa shape index (κ2) is 5.98. The summed E-state index contributed by atoms with van der Waals surface area (Å²) in [5.74, 6) is 0.0801. The molecule has 2 amide bonds. The summed E-state index contributed by atoms with van der Waals surface area (Å²) in [5, 5.41) is 2.89. The molecule has 1 aliphatic heterocycles. The van der Waals surface area contributed by atoms with Crippen LogP contribution in [-0.2, 0) is 9.59 Å². The fraction of sp³-hybridized carbons (Fsp3) is 0.750. The smallest absolute Gasteiger partial charge is 0.246 e. The third-order valence-corrected chi connectivity index (χ3v) is 3.59. The number of carbonyl (C=O) groups excluding carboxylic acids is 2. The lowest BCUT2D eigenvalue weighted by atomic mass is 9.82. The Bertz CT molecular complexity index is 415. The first kappa shape index (κ1) is 16.7. The molecule has 1 saturated heterocycles. The van der Waals surface area contributed by atoms with E-state index in [9.17, 15) is 9.59 Å². The lowest BCUT2D eigenvalue weighted by Gasteiger charge is -2.45. The number of rotatable bonds is 3. The molecule has 0 spiro atoms. The van der Waals surface area contributed by atoms with Crippen molar-refractivity contribution in [1.29, 1.82) is 0 Å². The highest BCUT2D eigenvalue weighted by atomic mass is 16.2. The second-order valence-electron chi connectivity index (χ2n) is 7.27. The molecule has 1 aliphatic rings. The largest absolute Gasteiger partial charge is 0.342 e. The maximum atomic E-state index is 12.7. The summed E-state index contributed by atoms with van der Waals surface area (Å²) in [6.07, 6.45) is 2.01. The molecule has 1 rings (SSSR count). The number of nitrogens with one attached hydrogen (secondary N) is 1. The van der Waals surface area contributed by atoms with E-state index in [4.69, 9.17) is 0 Å². The quantitative estimate of drug-likeness (QED) is 0.807. The summed E-state index contributed by atoms with van der Waals surface area (Å²) in [4.78, 5) is 26.8. The van der Waals surface area contributed by atoms with E-state index in [0.717, 1.165) is 5.57 Å². The maximum Gasteiger partial charge on any atom is 0.246 e. The van der Waals surface area contributed by atoms with Crippen LogP contribution >= 0.6 is 0 Å². The highest BCUT2D eigenvalue weighted by Crippen LogP contribution is 2.29. The maximum absolute atomic E-state index is 12.7. The van der Waals surface area contributed by atoms with Gasteiger partial charge in [0.05, 0.1) is 0 Å². The van der Waals surface area contributed by atoms with Gasteiger partial charge in [0.2, 0.25) is 11.8 Å². The number of carbonyl (C=O) groups is 2. The number of hydrogen-bond acceptors (Lipinski definition) is 2. The van der Waals surface area contributed by atoms with E-state index in [1.165, 1.54) is 0 Å². The minimum Gasteiger partial charge on any atom is -0.342 e. The second-order valence-corrected chi connectivity index (χ2v) is 7.27. The predicted octanol–water partition coefficient (Wildman–Crippen LogP) is 2.35. The molecule has 0 aromatic carbocycles. The van der Waals surface area contributed by atoms with E-state index < -0.39 is 12.1 Å². The molecular formula is C16H28N2O2. The molecule has 0 aliphatic carbocycles. The van der Waals surface area contributed by atoms with Gasteiger partial charge in [-0.1, -0.05) is 46.3 Å². The lowest BCUT2D eigenvalue weighted by Crippen LogP contribution is -2.67. The fourth-order valence-electron chi connectivity index (χ4n) is 2.53. The van der Waals surface area contributed by atoms with Crippen LogP contribution in [0.1, 0.15) is 48.5 Å². The van der Waals surface area contributed by atoms with Crippen LogP contribution < -0.4 is 5.32 Å². The molecule has 4 heteroatoms. The van der Waals surface area contributed by atoms with Crippen molar-refractivity contribution in [2.24, 2.45) is 11.3 Å². The van der Waals surface area contributed by atoms with E-state index >= 15 is 0 Å². The van der Waals surface area contributed by atoms with E-state index in [1.54, 1.807) is 4.90 Å². The highest BCUT2D eigenvalue weighted by molar-refractivity contribution is 5.97. The van der Waals surface area contributed by atoms with Gasteiger partial charge in [-0.15, -0.1) is 0 Å². The topological polar surface area (TPSA) is 49.4 Å². The zero-order chi connectivity index (χ0) is 15.7. The van der Waals surface area contributed by atoms with Crippen LogP contribution in [0.5, 0.6) is 0 Å². The molecule has 0 aromatic heterocycles. The first-order valence-corrected chi connectivity index (χ1v) is 7.30. The minimum absolute atomic E-state index is 0.0250. The van der Waals surface area contributed by atoms with E-state index in [0.29, 0.717) is 6.54 Å². The summed E-state index contributed by atoms with van der Waals surface area (Å²) in [5.41, 5.74) is 0.870. The van der Waals surface area contributed by atoms with Gasteiger partial charge >= 0.3 is 0 Å². The van der Waals surface area contributed by atoms with Crippen LogP contribution in [0.3, 0.4) is 0 Å². The van der Waals surface area contributed by atoms with E-state index in [-0.39, 0.29) is 23.1 Å². The molecule has 0 aromatic rings. The number of hydrogen-bond donors (Lipinski definition) is 1. The number of piperazine rings is 1. The van der Waals surface area contributed by atoms with Gasteiger partial charge in [-0.05, 0) is 25.2 Å². The SMILES string of the molecule is CC(C)=CCN1C(=O)C(C(C)C)NC(=O)C1C(C)(C)C. The molecule has 2 unspecified atom stereocenters. The third kappa shape index (κ3) is 3.62. The molecule has 0 bridgehead atoms. The molecule has 4 nitrogen and oxygen atoms in total. The van der Waals surface area contributed by atoms with Gasteiger partial charge in [0.25, 0.3) is 0 Å². The summed E-state index contributed by atoms with van der Waals surface area (Å²) < 4.78 is 0. The number of allylic oxidation sites excluding steroid dienone is 1. The van der Waals surface area contributed by atoms with Gasteiger partial charge in [-0.25, -0.2) is 0 Å².